The molecule has 20 heavy (non-hydrogen) atoms. The maximum Gasteiger partial charge on any atom is 0.325 e. The molecule has 0 saturated heterocycles. The fraction of sp³-hybridized carbons (Fsp3) is 0.462. The highest BCUT2D eigenvalue weighted by Gasteiger charge is 2.70. The highest BCUT2D eigenvalue weighted by atomic mass is 79.9. The van der Waals surface area contributed by atoms with Crippen LogP contribution in [0.1, 0.15) is 25.7 Å². The summed E-state index contributed by atoms with van der Waals surface area (Å²) in [5, 5.41) is 9.49. The van der Waals surface area contributed by atoms with Crippen molar-refractivity contribution >= 4 is 47.7 Å². The molecule has 1 N–H and O–H groups in total. The van der Waals surface area contributed by atoms with Crippen molar-refractivity contribution < 1.29 is 18.3 Å². The van der Waals surface area contributed by atoms with Gasteiger partial charge in [0.15, 0.2) is 14.6 Å². The van der Waals surface area contributed by atoms with Gasteiger partial charge in [-0.2, -0.15) is 0 Å². The molecule has 0 radical (unpaired) electrons. The highest BCUT2D eigenvalue weighted by molar-refractivity contribution is 9.11. The Morgan fingerprint density at radius 3 is 2.30 bits per heavy atom. The minimum atomic E-state index is -3.92. The second-order valence-electron chi connectivity index (χ2n) is 5.73. The molecule has 2 saturated carbocycles. The number of hydrogen-bond donors (Lipinski definition) is 1. The lowest BCUT2D eigenvalue weighted by Crippen LogP contribution is -2.57. The van der Waals surface area contributed by atoms with Crippen molar-refractivity contribution in [1.82, 2.24) is 0 Å². The Balaban J connectivity index is 2.10. The van der Waals surface area contributed by atoms with E-state index >= 15 is 0 Å². The van der Waals surface area contributed by atoms with Gasteiger partial charge in [-0.15, -0.1) is 0 Å². The summed E-state index contributed by atoms with van der Waals surface area (Å²) in [6, 6.07) is 4.78. The summed E-state index contributed by atoms with van der Waals surface area (Å²) in [5.41, 5.74) is -0.0239. The molecule has 1 spiro atoms. The molecule has 4 nitrogen and oxygen atoms in total. The molecule has 1 aromatic carbocycles. The zero-order valence-corrected chi connectivity index (χ0v) is 14.4. The number of benzene rings is 1. The first-order valence-corrected chi connectivity index (χ1v) is 9.23. The van der Waals surface area contributed by atoms with Gasteiger partial charge in [0.25, 0.3) is 0 Å². The minimum Gasteiger partial charge on any atom is -0.480 e. The number of carboxylic acids is 1. The van der Waals surface area contributed by atoms with Gasteiger partial charge in [0.2, 0.25) is 0 Å². The van der Waals surface area contributed by atoms with Gasteiger partial charge in [-0.1, -0.05) is 15.9 Å². The number of carboxylic acid groups (broad SMARTS) is 1. The lowest BCUT2D eigenvalue weighted by molar-refractivity contribution is -0.144. The van der Waals surface area contributed by atoms with Crippen LogP contribution < -0.4 is 0 Å². The van der Waals surface area contributed by atoms with E-state index in [0.717, 1.165) is 12.8 Å². The fourth-order valence-electron chi connectivity index (χ4n) is 3.04. The first kappa shape index (κ1) is 14.5. The van der Waals surface area contributed by atoms with Gasteiger partial charge < -0.3 is 5.11 Å². The normalized spacial score (nSPS) is 22.3. The van der Waals surface area contributed by atoms with Crippen LogP contribution in [0.3, 0.4) is 0 Å². The van der Waals surface area contributed by atoms with Gasteiger partial charge in [-0.25, -0.2) is 8.42 Å². The van der Waals surface area contributed by atoms with Gasteiger partial charge in [0.1, 0.15) is 0 Å². The van der Waals surface area contributed by atoms with Crippen LogP contribution in [0.5, 0.6) is 0 Å². The second kappa shape index (κ2) is 4.30. The predicted octanol–water partition coefficient (Wildman–Crippen LogP) is 3.38. The molecule has 3 rings (SSSR count). The van der Waals surface area contributed by atoms with Crippen molar-refractivity contribution in [3.63, 3.8) is 0 Å². The number of hydrogen-bond acceptors (Lipinski definition) is 3. The van der Waals surface area contributed by atoms with Crippen LogP contribution in [0.25, 0.3) is 0 Å². The van der Waals surface area contributed by atoms with Crippen molar-refractivity contribution in [2.45, 2.75) is 35.3 Å². The molecule has 0 aliphatic heterocycles. The number of rotatable bonds is 3. The fourth-order valence-corrected chi connectivity index (χ4v) is 6.69. The number of sulfone groups is 1. The van der Waals surface area contributed by atoms with E-state index in [0.29, 0.717) is 8.95 Å². The SMILES string of the molecule is O=C(O)C1(S(=O)(=O)c2cc(Br)ccc2Br)CC2(CC2)C1. The molecule has 0 atom stereocenters. The van der Waals surface area contributed by atoms with Crippen LogP contribution in [-0.4, -0.2) is 24.2 Å². The largest absolute Gasteiger partial charge is 0.480 e. The van der Waals surface area contributed by atoms with Crippen LogP contribution in [-0.2, 0) is 14.6 Å². The number of carbonyl (C=O) groups is 1. The van der Waals surface area contributed by atoms with Crippen LogP contribution in [0, 0.1) is 5.41 Å². The molecule has 1 aromatic rings. The summed E-state index contributed by atoms with van der Waals surface area (Å²) in [5.74, 6) is -1.23. The zero-order valence-electron chi connectivity index (χ0n) is 10.4. The lowest BCUT2D eigenvalue weighted by Gasteiger charge is -2.44. The van der Waals surface area contributed by atoms with E-state index in [4.69, 9.17) is 0 Å². The molecule has 7 heteroatoms. The Bertz CT molecular complexity index is 699. The molecule has 2 aliphatic carbocycles. The topological polar surface area (TPSA) is 71.4 Å². The molecular formula is C13H12Br2O4S. The third-order valence-electron chi connectivity index (χ3n) is 4.37. The average Bonchev–Trinajstić information content (AvgIpc) is 3.09. The van der Waals surface area contributed by atoms with Gasteiger partial charge in [0, 0.05) is 8.95 Å². The van der Waals surface area contributed by atoms with Crippen LogP contribution in [0.15, 0.2) is 32.0 Å². The molecule has 0 bridgehead atoms. The Morgan fingerprint density at radius 2 is 1.80 bits per heavy atom. The van der Waals surface area contributed by atoms with Crippen molar-refractivity contribution in [1.29, 1.82) is 0 Å². The van der Waals surface area contributed by atoms with E-state index in [2.05, 4.69) is 31.9 Å². The predicted molar refractivity (Wildman–Crippen MR) is 80.3 cm³/mol. The summed E-state index contributed by atoms with van der Waals surface area (Å²) >= 11 is 6.45. The summed E-state index contributed by atoms with van der Waals surface area (Å²) in [6.07, 6.45) is 2.35. The quantitative estimate of drug-likeness (QED) is 0.808. The van der Waals surface area contributed by atoms with E-state index in [9.17, 15) is 18.3 Å². The maximum absolute atomic E-state index is 12.8. The van der Waals surface area contributed by atoms with Gasteiger partial charge in [0.05, 0.1) is 4.90 Å². The third kappa shape index (κ3) is 1.89. The lowest BCUT2D eigenvalue weighted by atomic mass is 9.71. The van der Waals surface area contributed by atoms with Crippen molar-refractivity contribution in [3.05, 3.63) is 27.1 Å². The average molecular weight is 424 g/mol. The smallest absolute Gasteiger partial charge is 0.325 e. The Labute approximate surface area is 133 Å². The molecule has 2 fully saturated rings. The Hall–Kier alpha value is -0.400. The van der Waals surface area contributed by atoms with Gasteiger partial charge >= 0.3 is 5.97 Å². The Morgan fingerprint density at radius 1 is 1.20 bits per heavy atom. The summed E-state index contributed by atoms with van der Waals surface area (Å²) in [6.45, 7) is 0. The van der Waals surface area contributed by atoms with Crippen LogP contribution in [0.4, 0.5) is 0 Å². The molecule has 0 unspecified atom stereocenters. The first-order chi connectivity index (χ1) is 9.22. The molecule has 108 valence electrons. The van der Waals surface area contributed by atoms with Crippen LogP contribution >= 0.6 is 31.9 Å². The summed E-state index contributed by atoms with van der Waals surface area (Å²) < 4.78 is 25.0. The Kier molecular flexibility index (Phi) is 3.13. The number of halogens is 2. The van der Waals surface area contributed by atoms with E-state index in [-0.39, 0.29) is 23.2 Å². The van der Waals surface area contributed by atoms with Gasteiger partial charge in [-0.05, 0) is 65.2 Å². The minimum absolute atomic E-state index is 0.0239. The number of aliphatic carboxylic acids is 1. The molecule has 0 heterocycles. The van der Waals surface area contributed by atoms with Gasteiger partial charge in [-0.3, -0.25) is 4.79 Å². The van der Waals surface area contributed by atoms with E-state index < -0.39 is 20.6 Å². The highest BCUT2D eigenvalue weighted by Crippen LogP contribution is 2.68. The maximum atomic E-state index is 12.8. The van der Waals surface area contributed by atoms with E-state index in [1.54, 1.807) is 12.1 Å². The standard InChI is InChI=1S/C13H12Br2O4S/c14-8-1-2-9(15)10(5-8)20(18,19)13(11(16)17)6-12(7-13)3-4-12/h1-2,5H,3-4,6-7H2,(H,16,17). The molecule has 0 aromatic heterocycles. The third-order valence-corrected chi connectivity index (χ3v) is 8.22. The summed E-state index contributed by atoms with van der Waals surface area (Å²) in [4.78, 5) is 11.7. The molecular weight excluding hydrogens is 412 g/mol. The monoisotopic (exact) mass is 422 g/mol. The zero-order chi connectivity index (χ0) is 14.8. The van der Waals surface area contributed by atoms with E-state index in [1.807, 2.05) is 0 Å². The second-order valence-corrected chi connectivity index (χ2v) is 9.73. The van der Waals surface area contributed by atoms with E-state index in [1.165, 1.54) is 6.07 Å². The van der Waals surface area contributed by atoms with Crippen molar-refractivity contribution in [3.8, 4) is 0 Å². The van der Waals surface area contributed by atoms with Crippen molar-refractivity contribution in [2.75, 3.05) is 0 Å². The molecule has 0 amide bonds. The summed E-state index contributed by atoms with van der Waals surface area (Å²) in [7, 11) is -3.92. The molecule has 2 aliphatic rings. The van der Waals surface area contributed by atoms with Crippen molar-refractivity contribution in [2.24, 2.45) is 5.41 Å². The van der Waals surface area contributed by atoms with Crippen LogP contribution in [0.2, 0.25) is 0 Å². The first-order valence-electron chi connectivity index (χ1n) is 6.16.